The third-order valence-corrected chi connectivity index (χ3v) is 7.08. The lowest BCUT2D eigenvalue weighted by Crippen LogP contribution is -2.55. The molecule has 14 heteroatoms. The first kappa shape index (κ1) is 44.1. The minimum Gasteiger partial charge on any atom is -0.370 e. The SMILES string of the molecule is CC(C)(C)CC(C)(C)NC(=O)N(CCCN1CCN(CCCN(C(=N)N)C(=O)NC(C)(C)CC(C)(C)C)CC1)C(=N)N.Cl.Cl. The summed E-state index contributed by atoms with van der Waals surface area (Å²) in [6, 6.07) is -0.653. The molecule has 1 aliphatic rings. The van der Waals surface area contributed by atoms with Gasteiger partial charge in [-0.15, -0.1) is 24.8 Å². The molecule has 0 unspecified atom stereocenters. The minimum atomic E-state index is -0.409. The number of hydrogen-bond donors (Lipinski definition) is 6. The van der Waals surface area contributed by atoms with Crippen molar-refractivity contribution >= 4 is 48.8 Å². The fourth-order valence-corrected chi connectivity index (χ4v) is 6.26. The normalized spacial score (nSPS) is 15.0. The van der Waals surface area contributed by atoms with E-state index in [1.54, 1.807) is 0 Å². The van der Waals surface area contributed by atoms with E-state index >= 15 is 0 Å². The molecule has 0 aromatic heterocycles. The number of nitrogens with one attached hydrogen (secondary N) is 4. The average molecular weight is 668 g/mol. The summed E-state index contributed by atoms with van der Waals surface area (Å²) in [7, 11) is 0. The highest BCUT2D eigenvalue weighted by molar-refractivity contribution is 5.94. The maximum Gasteiger partial charge on any atom is 0.324 e. The lowest BCUT2D eigenvalue weighted by atomic mass is 9.82. The predicted molar refractivity (Wildman–Crippen MR) is 187 cm³/mol. The van der Waals surface area contributed by atoms with E-state index in [0.717, 1.165) is 65.0 Å². The van der Waals surface area contributed by atoms with Gasteiger partial charge in [-0.05, 0) is 77.3 Å². The van der Waals surface area contributed by atoms with Crippen molar-refractivity contribution in [1.29, 1.82) is 10.8 Å². The molecule has 44 heavy (non-hydrogen) atoms. The molecular weight excluding hydrogens is 603 g/mol. The molecule has 0 saturated carbocycles. The minimum absolute atomic E-state index is 0. The van der Waals surface area contributed by atoms with Gasteiger partial charge in [0.05, 0.1) is 0 Å². The molecule has 0 radical (unpaired) electrons. The summed E-state index contributed by atoms with van der Waals surface area (Å²) in [5.41, 5.74) is 10.8. The van der Waals surface area contributed by atoms with Gasteiger partial charge in [-0.1, -0.05) is 41.5 Å². The van der Waals surface area contributed by atoms with E-state index in [0.29, 0.717) is 13.1 Å². The van der Waals surface area contributed by atoms with Crippen LogP contribution in [0.3, 0.4) is 0 Å². The summed E-state index contributed by atoms with van der Waals surface area (Å²) in [5, 5.41) is 21.9. The van der Waals surface area contributed by atoms with Gasteiger partial charge in [0.15, 0.2) is 11.9 Å². The molecule has 1 fully saturated rings. The third-order valence-electron chi connectivity index (χ3n) is 7.08. The van der Waals surface area contributed by atoms with Crippen LogP contribution < -0.4 is 22.1 Å². The highest BCUT2D eigenvalue weighted by atomic mass is 35.5. The van der Waals surface area contributed by atoms with Crippen molar-refractivity contribution in [3.63, 3.8) is 0 Å². The Morgan fingerprint density at radius 2 is 0.909 bits per heavy atom. The van der Waals surface area contributed by atoms with Gasteiger partial charge in [-0.3, -0.25) is 20.6 Å². The summed E-state index contributed by atoms with van der Waals surface area (Å²) in [4.78, 5) is 33.2. The van der Waals surface area contributed by atoms with Crippen LogP contribution in [0.4, 0.5) is 9.59 Å². The van der Waals surface area contributed by atoms with Crippen LogP contribution in [0.5, 0.6) is 0 Å². The Morgan fingerprint density at radius 3 is 1.14 bits per heavy atom. The highest BCUT2D eigenvalue weighted by Gasteiger charge is 2.31. The Hall–Kier alpha value is -2.02. The van der Waals surface area contributed by atoms with Gasteiger partial charge in [-0.25, -0.2) is 9.59 Å². The number of rotatable bonds is 12. The van der Waals surface area contributed by atoms with Gasteiger partial charge in [0.1, 0.15) is 0 Å². The molecule has 0 aromatic rings. The number of nitrogens with zero attached hydrogens (tertiary/aromatic N) is 4. The molecule has 0 aliphatic carbocycles. The van der Waals surface area contributed by atoms with Crippen molar-refractivity contribution in [3.8, 4) is 0 Å². The van der Waals surface area contributed by atoms with Crippen molar-refractivity contribution in [2.45, 2.75) is 106 Å². The van der Waals surface area contributed by atoms with Crippen molar-refractivity contribution in [3.05, 3.63) is 0 Å². The molecule has 1 saturated heterocycles. The molecule has 0 atom stereocenters. The van der Waals surface area contributed by atoms with Crippen LogP contribution in [0.15, 0.2) is 0 Å². The van der Waals surface area contributed by atoms with Gasteiger partial charge in [-0.2, -0.15) is 0 Å². The number of amides is 4. The first-order valence-corrected chi connectivity index (χ1v) is 15.3. The number of guanidine groups is 2. The van der Waals surface area contributed by atoms with Crippen LogP contribution in [0.25, 0.3) is 0 Å². The zero-order valence-corrected chi connectivity index (χ0v) is 30.7. The van der Waals surface area contributed by atoms with E-state index in [9.17, 15) is 9.59 Å². The van der Waals surface area contributed by atoms with E-state index in [4.69, 9.17) is 22.3 Å². The van der Waals surface area contributed by atoms with E-state index in [2.05, 4.69) is 62.0 Å². The van der Waals surface area contributed by atoms with Crippen LogP contribution in [-0.2, 0) is 0 Å². The van der Waals surface area contributed by atoms with Gasteiger partial charge < -0.3 is 31.9 Å². The standard InChI is InChI=1S/C30H62N10O2.2ClH/c1-27(2,3)21-29(7,8)35-25(41)39(23(31)32)15-11-13-37-17-19-38(20-18-37)14-12-16-40(24(33)34)26(42)36-30(9,10)22-28(4,5)6;;/h11-22H2,1-10H3,(H3,31,32)(H3,33,34)(H,35,41)(H,36,42);2*1H. The molecule has 8 N–H and O–H groups in total. The summed E-state index contributed by atoms with van der Waals surface area (Å²) in [6.45, 7) is 26.9. The highest BCUT2D eigenvalue weighted by Crippen LogP contribution is 2.28. The van der Waals surface area contributed by atoms with Gasteiger partial charge in [0.25, 0.3) is 0 Å². The van der Waals surface area contributed by atoms with Crippen LogP contribution in [0.2, 0.25) is 0 Å². The van der Waals surface area contributed by atoms with Gasteiger partial charge in [0.2, 0.25) is 0 Å². The monoisotopic (exact) mass is 666 g/mol. The number of piperazine rings is 1. The Balaban J connectivity index is 0. The second-order valence-electron chi connectivity index (χ2n) is 15.6. The zero-order valence-electron chi connectivity index (χ0n) is 29.1. The van der Waals surface area contributed by atoms with Crippen LogP contribution in [0.1, 0.15) is 94.9 Å². The fourth-order valence-electron chi connectivity index (χ4n) is 6.26. The number of hydrogen-bond acceptors (Lipinski definition) is 6. The smallest absolute Gasteiger partial charge is 0.324 e. The van der Waals surface area contributed by atoms with Crippen LogP contribution in [0, 0.1) is 21.6 Å². The van der Waals surface area contributed by atoms with Crippen LogP contribution >= 0.6 is 24.8 Å². The molecule has 12 nitrogen and oxygen atoms in total. The summed E-state index contributed by atoms with van der Waals surface area (Å²) in [6.07, 6.45) is 3.05. The van der Waals surface area contributed by atoms with E-state index in [-0.39, 0.29) is 59.6 Å². The van der Waals surface area contributed by atoms with Crippen LogP contribution in [-0.4, -0.2) is 107 Å². The number of nitrogens with two attached hydrogens (primary N) is 2. The van der Waals surface area contributed by atoms with E-state index < -0.39 is 11.1 Å². The maximum atomic E-state index is 12.9. The van der Waals surface area contributed by atoms with Crippen molar-refractivity contribution in [2.24, 2.45) is 22.3 Å². The molecule has 1 rings (SSSR count). The molecule has 4 amide bonds. The Bertz CT molecular complexity index is 850. The number of urea groups is 2. The zero-order chi connectivity index (χ0) is 32.5. The third kappa shape index (κ3) is 18.1. The average Bonchev–Trinajstić information content (AvgIpc) is 2.75. The maximum absolute atomic E-state index is 12.9. The number of carbonyl (C=O) groups excluding carboxylic acids is 2. The Labute approximate surface area is 279 Å². The summed E-state index contributed by atoms with van der Waals surface area (Å²) >= 11 is 0. The van der Waals surface area contributed by atoms with Gasteiger partial charge in [0, 0.05) is 50.3 Å². The first-order chi connectivity index (χ1) is 19.0. The fraction of sp³-hybridized carbons (Fsp3) is 0.867. The Kier molecular flexibility index (Phi) is 18.3. The first-order valence-electron chi connectivity index (χ1n) is 15.3. The quantitative estimate of drug-likeness (QED) is 0.133. The topological polar surface area (TPSA) is 171 Å². The lowest BCUT2D eigenvalue weighted by molar-refractivity contribution is 0.126. The molecule has 1 aliphatic heterocycles. The molecule has 1 heterocycles. The number of halogens is 2. The second kappa shape index (κ2) is 18.2. The largest absolute Gasteiger partial charge is 0.370 e. The van der Waals surface area contributed by atoms with E-state index in [1.165, 1.54) is 9.80 Å². The Morgan fingerprint density at radius 1 is 0.636 bits per heavy atom. The summed E-state index contributed by atoms with van der Waals surface area (Å²) < 4.78 is 0. The lowest BCUT2D eigenvalue weighted by Gasteiger charge is -2.36. The van der Waals surface area contributed by atoms with Crippen molar-refractivity contribution < 1.29 is 9.59 Å². The van der Waals surface area contributed by atoms with Crippen molar-refractivity contribution in [2.75, 3.05) is 52.4 Å². The predicted octanol–water partition coefficient (Wildman–Crippen LogP) is 4.47. The number of carbonyl (C=O) groups is 2. The summed E-state index contributed by atoms with van der Waals surface area (Å²) in [5.74, 6) is -0.482. The second-order valence-corrected chi connectivity index (χ2v) is 15.6. The molecule has 0 bridgehead atoms. The van der Waals surface area contributed by atoms with E-state index in [1.807, 2.05) is 27.7 Å². The van der Waals surface area contributed by atoms with Gasteiger partial charge >= 0.3 is 12.1 Å². The molecule has 0 spiro atoms. The van der Waals surface area contributed by atoms with Crippen molar-refractivity contribution in [1.82, 2.24) is 30.2 Å². The molecular formula is C30H64Cl2N10O2. The molecule has 0 aromatic carbocycles. The molecule has 260 valence electrons.